The Morgan fingerprint density at radius 3 is 2.11 bits per heavy atom. The molecule has 0 bridgehead atoms. The molecule has 1 atom stereocenters. The molecule has 1 unspecified atom stereocenters. The van der Waals surface area contributed by atoms with Crippen molar-refractivity contribution < 1.29 is 17.9 Å². The van der Waals surface area contributed by atoms with Crippen molar-refractivity contribution in [1.29, 1.82) is 0 Å². The second-order valence-electron chi connectivity index (χ2n) is 9.80. The lowest BCUT2D eigenvalue weighted by Crippen LogP contribution is -2.12. The quantitative estimate of drug-likeness (QED) is 0.245. The molecule has 1 saturated heterocycles. The van der Waals surface area contributed by atoms with Gasteiger partial charge in [0.15, 0.2) is 11.6 Å². The van der Waals surface area contributed by atoms with E-state index in [-0.39, 0.29) is 23.0 Å². The van der Waals surface area contributed by atoms with Gasteiger partial charge in [-0.2, -0.15) is 0 Å². The maximum atomic E-state index is 15.1. The first-order chi connectivity index (χ1) is 17.0. The van der Waals surface area contributed by atoms with Crippen molar-refractivity contribution in [2.75, 3.05) is 6.61 Å². The zero-order chi connectivity index (χ0) is 24.4. The molecule has 1 heterocycles. The lowest BCUT2D eigenvalue weighted by Gasteiger charge is -2.27. The molecular formula is C31H31F3O. The highest BCUT2D eigenvalue weighted by atomic mass is 19.2. The Balaban J connectivity index is 1.29. The Bertz CT molecular complexity index is 1200. The van der Waals surface area contributed by atoms with Gasteiger partial charge in [0.2, 0.25) is 0 Å². The number of allylic oxidation sites excluding steroid dienone is 2. The number of epoxide rings is 1. The first-order valence-electron chi connectivity index (χ1n) is 12.7. The summed E-state index contributed by atoms with van der Waals surface area (Å²) in [6.07, 6.45) is 11.1. The Hall–Kier alpha value is -2.85. The van der Waals surface area contributed by atoms with Crippen LogP contribution in [0.25, 0.3) is 22.3 Å². The summed E-state index contributed by atoms with van der Waals surface area (Å²) in [6.45, 7) is 2.62. The van der Waals surface area contributed by atoms with Gasteiger partial charge in [0.1, 0.15) is 11.9 Å². The summed E-state index contributed by atoms with van der Waals surface area (Å²) >= 11 is 0. The summed E-state index contributed by atoms with van der Waals surface area (Å²) in [5.41, 5.74) is 3.29. The normalized spacial score (nSPS) is 22.0. The van der Waals surface area contributed by atoms with E-state index in [9.17, 15) is 8.78 Å². The van der Waals surface area contributed by atoms with E-state index in [0.717, 1.165) is 37.7 Å². The predicted molar refractivity (Wildman–Crippen MR) is 135 cm³/mol. The van der Waals surface area contributed by atoms with Crippen molar-refractivity contribution in [1.82, 2.24) is 0 Å². The van der Waals surface area contributed by atoms with Crippen molar-refractivity contribution in [3.05, 3.63) is 95.3 Å². The van der Waals surface area contributed by atoms with E-state index in [1.807, 2.05) is 12.1 Å². The molecule has 3 aromatic rings. The Kier molecular flexibility index (Phi) is 7.10. The van der Waals surface area contributed by atoms with Gasteiger partial charge in [0.05, 0.1) is 6.61 Å². The van der Waals surface area contributed by atoms with E-state index in [2.05, 4.69) is 19.1 Å². The maximum Gasteiger partial charge on any atom is 0.167 e. The number of hydrogen-bond acceptors (Lipinski definition) is 1. The molecule has 1 nitrogen and oxygen atoms in total. The van der Waals surface area contributed by atoms with Crippen molar-refractivity contribution >= 4 is 0 Å². The Morgan fingerprint density at radius 2 is 1.49 bits per heavy atom. The summed E-state index contributed by atoms with van der Waals surface area (Å²) in [5.74, 6) is -0.930. The molecule has 2 fully saturated rings. The predicted octanol–water partition coefficient (Wildman–Crippen LogP) is 9.14. The van der Waals surface area contributed by atoms with Crippen LogP contribution >= 0.6 is 0 Å². The molecule has 0 N–H and O–H groups in total. The number of halogens is 3. The SMILES string of the molecule is CCC/C=C/C1CCC(c2ccc(-c3ccc(-c4ccc(C5CO5)c(F)c4F)cc3)c(F)c2)CC1. The highest BCUT2D eigenvalue weighted by Crippen LogP contribution is 2.39. The highest BCUT2D eigenvalue weighted by Gasteiger charge is 2.30. The Labute approximate surface area is 205 Å². The van der Waals surface area contributed by atoms with Gasteiger partial charge >= 0.3 is 0 Å². The monoisotopic (exact) mass is 476 g/mol. The van der Waals surface area contributed by atoms with Gasteiger partial charge < -0.3 is 4.74 Å². The molecule has 0 aromatic heterocycles. The zero-order valence-corrected chi connectivity index (χ0v) is 20.1. The van der Waals surface area contributed by atoms with Crippen LogP contribution in [0, 0.1) is 23.4 Å². The largest absolute Gasteiger partial charge is 0.368 e. The minimum atomic E-state index is -0.878. The summed E-state index contributed by atoms with van der Waals surface area (Å²) in [4.78, 5) is 0. The topological polar surface area (TPSA) is 12.5 Å². The molecule has 1 aliphatic carbocycles. The Morgan fingerprint density at radius 1 is 0.829 bits per heavy atom. The lowest BCUT2D eigenvalue weighted by molar-refractivity contribution is 0.374. The maximum absolute atomic E-state index is 15.1. The van der Waals surface area contributed by atoms with Gasteiger partial charge in [-0.15, -0.1) is 0 Å². The fourth-order valence-corrected chi connectivity index (χ4v) is 5.21. The van der Waals surface area contributed by atoms with E-state index in [1.54, 1.807) is 42.5 Å². The highest BCUT2D eigenvalue weighted by molar-refractivity contribution is 5.71. The smallest absolute Gasteiger partial charge is 0.167 e. The number of unbranched alkanes of at least 4 members (excludes halogenated alkanes) is 1. The second kappa shape index (κ2) is 10.4. The lowest BCUT2D eigenvalue weighted by atomic mass is 9.78. The number of benzene rings is 3. The molecule has 35 heavy (non-hydrogen) atoms. The fourth-order valence-electron chi connectivity index (χ4n) is 5.21. The van der Waals surface area contributed by atoms with Crippen LogP contribution in [0.3, 0.4) is 0 Å². The minimum Gasteiger partial charge on any atom is -0.368 e. The average Bonchev–Trinajstić information content (AvgIpc) is 3.72. The second-order valence-corrected chi connectivity index (χ2v) is 9.80. The van der Waals surface area contributed by atoms with Gasteiger partial charge in [0, 0.05) is 16.7 Å². The zero-order valence-electron chi connectivity index (χ0n) is 20.1. The molecule has 3 aromatic carbocycles. The van der Waals surface area contributed by atoms with Crippen LogP contribution in [0.1, 0.15) is 68.6 Å². The van der Waals surface area contributed by atoms with Crippen molar-refractivity contribution in [2.24, 2.45) is 5.92 Å². The van der Waals surface area contributed by atoms with E-state index >= 15 is 4.39 Å². The number of rotatable bonds is 7. The number of hydrogen-bond donors (Lipinski definition) is 0. The standard InChI is InChI=1S/C31H31F3O/c1-2-3-4-5-20-6-8-21(9-7-20)24-14-15-25(28(32)18-24)22-10-12-23(13-11-22)26-16-17-27(29-19-35-29)31(34)30(26)33/h4-5,10-18,20-21,29H,2-3,6-9,19H2,1H3/b5-4+. The number of ether oxygens (including phenoxy) is 1. The summed E-state index contributed by atoms with van der Waals surface area (Å²) in [6, 6.07) is 15.7. The van der Waals surface area contributed by atoms with Crippen molar-refractivity contribution in [2.45, 2.75) is 57.5 Å². The van der Waals surface area contributed by atoms with Crippen LogP contribution in [0.2, 0.25) is 0 Å². The summed E-state index contributed by atoms with van der Waals surface area (Å²) < 4.78 is 49.2. The van der Waals surface area contributed by atoms with E-state index in [0.29, 0.717) is 35.1 Å². The van der Waals surface area contributed by atoms with Crippen LogP contribution in [-0.2, 0) is 4.74 Å². The van der Waals surface area contributed by atoms with Crippen LogP contribution < -0.4 is 0 Å². The third-order valence-electron chi connectivity index (χ3n) is 7.40. The van der Waals surface area contributed by atoms with E-state index in [1.165, 1.54) is 6.42 Å². The van der Waals surface area contributed by atoms with Gasteiger partial charge in [-0.1, -0.05) is 74.0 Å². The van der Waals surface area contributed by atoms with Gasteiger partial charge in [0.25, 0.3) is 0 Å². The molecule has 0 amide bonds. The van der Waals surface area contributed by atoms with E-state index < -0.39 is 11.6 Å². The summed E-state index contributed by atoms with van der Waals surface area (Å²) in [7, 11) is 0. The van der Waals surface area contributed by atoms with Gasteiger partial charge in [-0.05, 0) is 66.7 Å². The van der Waals surface area contributed by atoms with Crippen LogP contribution in [-0.4, -0.2) is 6.61 Å². The van der Waals surface area contributed by atoms with Gasteiger partial charge in [-0.3, -0.25) is 0 Å². The molecule has 0 spiro atoms. The molecule has 2 aliphatic rings. The average molecular weight is 477 g/mol. The molecular weight excluding hydrogens is 445 g/mol. The first kappa shape index (κ1) is 23.9. The minimum absolute atomic E-state index is 0.189. The molecule has 182 valence electrons. The molecule has 0 radical (unpaired) electrons. The fraction of sp³-hybridized carbons (Fsp3) is 0.355. The third kappa shape index (κ3) is 5.23. The van der Waals surface area contributed by atoms with Gasteiger partial charge in [-0.25, -0.2) is 13.2 Å². The summed E-state index contributed by atoms with van der Waals surface area (Å²) in [5, 5.41) is 0. The van der Waals surface area contributed by atoms with Crippen LogP contribution in [0.4, 0.5) is 13.2 Å². The van der Waals surface area contributed by atoms with Crippen LogP contribution in [0.5, 0.6) is 0 Å². The molecule has 4 heteroatoms. The van der Waals surface area contributed by atoms with Crippen molar-refractivity contribution in [3.8, 4) is 22.3 Å². The molecule has 1 saturated carbocycles. The van der Waals surface area contributed by atoms with Crippen molar-refractivity contribution in [3.63, 3.8) is 0 Å². The molecule has 1 aliphatic heterocycles. The third-order valence-corrected chi connectivity index (χ3v) is 7.40. The molecule has 5 rings (SSSR count). The first-order valence-corrected chi connectivity index (χ1v) is 12.7. The van der Waals surface area contributed by atoms with Crippen LogP contribution in [0.15, 0.2) is 66.7 Å². The van der Waals surface area contributed by atoms with E-state index in [4.69, 9.17) is 4.74 Å².